The monoisotopic (exact) mass is 319 g/mol. The van der Waals surface area contributed by atoms with Crippen LogP contribution in [0.2, 0.25) is 0 Å². The molecule has 1 saturated carbocycles. The van der Waals surface area contributed by atoms with E-state index in [1.165, 1.54) is 0 Å². The molecule has 1 N–H and O–H groups in total. The molecule has 1 fully saturated rings. The van der Waals surface area contributed by atoms with Gasteiger partial charge in [0.05, 0.1) is 15.5 Å². The van der Waals surface area contributed by atoms with E-state index in [9.17, 15) is 19.6 Å². The predicted molar refractivity (Wildman–Crippen MR) is 65.0 cm³/mol. The first-order chi connectivity index (χ1) is 8.49. The highest BCUT2D eigenvalue weighted by atomic mass is 79.9. The molecule has 7 heteroatoms. The summed E-state index contributed by atoms with van der Waals surface area (Å²) in [5.41, 5.74) is -0.317. The van der Waals surface area contributed by atoms with Gasteiger partial charge in [0, 0.05) is 12.1 Å². The first kappa shape index (κ1) is 13.2. The maximum absolute atomic E-state index is 13.4. The molecule has 2 atom stereocenters. The summed E-state index contributed by atoms with van der Waals surface area (Å²) in [7, 11) is 0. The number of nitrogens with zero attached hydrogens (tertiary/aromatic N) is 1. The molecule has 1 aromatic rings. The summed E-state index contributed by atoms with van der Waals surface area (Å²) < 4.78 is 18.8. The van der Waals surface area contributed by atoms with Crippen LogP contribution in [0, 0.1) is 15.9 Å². The number of rotatable bonds is 3. The topological polar surface area (TPSA) is 72.6 Å². The number of hydrogen-bond acceptors (Lipinski definition) is 4. The highest BCUT2D eigenvalue weighted by Gasteiger charge is 2.30. The van der Waals surface area contributed by atoms with Crippen molar-refractivity contribution in [3.63, 3.8) is 0 Å². The molecule has 1 aliphatic carbocycles. The van der Waals surface area contributed by atoms with Crippen molar-refractivity contribution in [2.24, 2.45) is 0 Å². The number of aliphatic hydroxyl groups excluding tert-OH is 1. The maximum Gasteiger partial charge on any atom is 0.312 e. The van der Waals surface area contributed by atoms with Gasteiger partial charge in [0.1, 0.15) is 11.9 Å². The lowest BCUT2D eigenvalue weighted by atomic mass is 10.2. The molecule has 0 bridgehead atoms. The second-order valence-corrected chi connectivity index (χ2v) is 5.00. The Morgan fingerprint density at radius 3 is 2.78 bits per heavy atom. The second kappa shape index (κ2) is 5.19. The quantitative estimate of drug-likeness (QED) is 0.686. The zero-order valence-electron chi connectivity index (χ0n) is 9.31. The Labute approximate surface area is 111 Å². The van der Waals surface area contributed by atoms with Crippen LogP contribution in [-0.2, 0) is 0 Å². The van der Waals surface area contributed by atoms with Gasteiger partial charge in [-0.3, -0.25) is 10.1 Å². The van der Waals surface area contributed by atoms with Crippen molar-refractivity contribution in [3.8, 4) is 5.75 Å². The van der Waals surface area contributed by atoms with E-state index in [0.717, 1.165) is 18.6 Å². The van der Waals surface area contributed by atoms with Gasteiger partial charge in [-0.15, -0.1) is 0 Å². The number of benzene rings is 1. The van der Waals surface area contributed by atoms with Gasteiger partial charge in [0.2, 0.25) is 0 Å². The van der Waals surface area contributed by atoms with Crippen LogP contribution in [0.5, 0.6) is 5.75 Å². The second-order valence-electron chi connectivity index (χ2n) is 4.15. The van der Waals surface area contributed by atoms with Crippen LogP contribution >= 0.6 is 15.9 Å². The van der Waals surface area contributed by atoms with Crippen molar-refractivity contribution < 1.29 is 19.2 Å². The van der Waals surface area contributed by atoms with Gasteiger partial charge in [0.15, 0.2) is 5.75 Å². The van der Waals surface area contributed by atoms with Crippen LogP contribution in [0.1, 0.15) is 19.3 Å². The lowest BCUT2D eigenvalue weighted by Crippen LogP contribution is -2.26. The summed E-state index contributed by atoms with van der Waals surface area (Å²) in [4.78, 5) is 10.2. The van der Waals surface area contributed by atoms with Crippen LogP contribution in [0.25, 0.3) is 0 Å². The van der Waals surface area contributed by atoms with E-state index in [1.807, 2.05) is 0 Å². The minimum absolute atomic E-state index is 0.00789. The smallest absolute Gasteiger partial charge is 0.312 e. The van der Waals surface area contributed by atoms with E-state index in [1.54, 1.807) is 0 Å². The molecule has 0 spiro atoms. The van der Waals surface area contributed by atoms with Crippen LogP contribution < -0.4 is 4.74 Å². The van der Waals surface area contributed by atoms with Crippen LogP contribution in [0.4, 0.5) is 10.1 Å². The number of aliphatic hydroxyl groups is 1. The van der Waals surface area contributed by atoms with Gasteiger partial charge >= 0.3 is 5.69 Å². The number of nitro groups is 1. The van der Waals surface area contributed by atoms with Gasteiger partial charge in [-0.05, 0) is 35.2 Å². The third-order valence-corrected chi connectivity index (χ3v) is 3.50. The van der Waals surface area contributed by atoms with Crippen molar-refractivity contribution in [2.75, 3.05) is 0 Å². The molecule has 18 heavy (non-hydrogen) atoms. The molecule has 0 amide bonds. The molecule has 2 unspecified atom stereocenters. The van der Waals surface area contributed by atoms with E-state index in [2.05, 4.69) is 15.9 Å². The summed E-state index contributed by atoms with van der Waals surface area (Å²) in [5.74, 6) is -0.783. The molecule has 1 aromatic carbocycles. The minimum atomic E-state index is -0.656. The Hall–Kier alpha value is -1.21. The highest BCUT2D eigenvalue weighted by molar-refractivity contribution is 9.10. The largest absolute Gasteiger partial charge is 0.481 e. The normalized spacial score (nSPS) is 23.1. The van der Waals surface area contributed by atoms with Crippen molar-refractivity contribution in [1.29, 1.82) is 0 Å². The van der Waals surface area contributed by atoms with E-state index in [0.29, 0.717) is 12.8 Å². The third kappa shape index (κ3) is 2.62. The first-order valence-electron chi connectivity index (χ1n) is 5.47. The van der Waals surface area contributed by atoms with Crippen molar-refractivity contribution in [2.45, 2.75) is 31.5 Å². The standard InChI is InChI=1S/C11H11BrFNO4/c12-6-4-8(14(16)17)11(5-7(6)13)18-10-3-1-2-9(10)15/h4-5,9-10,15H,1-3H2. The van der Waals surface area contributed by atoms with Crippen molar-refractivity contribution >= 4 is 21.6 Å². The lowest BCUT2D eigenvalue weighted by Gasteiger charge is -2.17. The summed E-state index contributed by atoms with van der Waals surface area (Å²) >= 11 is 2.89. The first-order valence-corrected chi connectivity index (χ1v) is 6.26. The van der Waals surface area contributed by atoms with E-state index in [4.69, 9.17) is 4.74 Å². The minimum Gasteiger partial charge on any atom is -0.481 e. The maximum atomic E-state index is 13.4. The molecule has 1 aliphatic rings. The van der Waals surface area contributed by atoms with Crippen LogP contribution in [0.3, 0.4) is 0 Å². The molecular weight excluding hydrogens is 309 g/mol. The average Bonchev–Trinajstić information content (AvgIpc) is 2.69. The molecule has 0 aromatic heterocycles. The Kier molecular flexibility index (Phi) is 3.82. The molecule has 5 nitrogen and oxygen atoms in total. The zero-order chi connectivity index (χ0) is 13.3. The predicted octanol–water partition coefficient (Wildman–Crippen LogP) is 2.79. The SMILES string of the molecule is O=[N+]([O-])c1cc(Br)c(F)cc1OC1CCCC1O. The highest BCUT2D eigenvalue weighted by Crippen LogP contribution is 2.35. The molecule has 2 rings (SSSR count). The summed E-state index contributed by atoms with van der Waals surface area (Å²) in [6.45, 7) is 0. The fourth-order valence-corrected chi connectivity index (χ4v) is 2.29. The molecule has 0 radical (unpaired) electrons. The van der Waals surface area contributed by atoms with Crippen LogP contribution in [0.15, 0.2) is 16.6 Å². The van der Waals surface area contributed by atoms with Crippen molar-refractivity contribution in [1.82, 2.24) is 0 Å². The van der Waals surface area contributed by atoms with Gasteiger partial charge in [-0.25, -0.2) is 4.39 Å². The van der Waals surface area contributed by atoms with Gasteiger partial charge in [0.25, 0.3) is 0 Å². The van der Waals surface area contributed by atoms with Gasteiger partial charge in [-0.2, -0.15) is 0 Å². The van der Waals surface area contributed by atoms with Gasteiger partial charge in [-0.1, -0.05) is 0 Å². The van der Waals surface area contributed by atoms with Crippen LogP contribution in [-0.4, -0.2) is 22.2 Å². The Balaban J connectivity index is 2.30. The van der Waals surface area contributed by atoms with Gasteiger partial charge < -0.3 is 9.84 Å². The number of halogens is 2. The third-order valence-electron chi connectivity index (χ3n) is 2.89. The molecule has 98 valence electrons. The summed E-state index contributed by atoms with van der Waals surface area (Å²) in [6, 6.07) is 2.03. The summed E-state index contributed by atoms with van der Waals surface area (Å²) in [5, 5.41) is 20.5. The number of ether oxygens (including phenoxy) is 1. The molecule has 0 aliphatic heterocycles. The molecule has 0 saturated heterocycles. The Morgan fingerprint density at radius 1 is 1.50 bits per heavy atom. The van der Waals surface area contributed by atoms with E-state index >= 15 is 0 Å². The van der Waals surface area contributed by atoms with E-state index in [-0.39, 0.29) is 15.9 Å². The Morgan fingerprint density at radius 2 is 2.22 bits per heavy atom. The average molecular weight is 320 g/mol. The van der Waals surface area contributed by atoms with Crippen molar-refractivity contribution in [3.05, 3.63) is 32.5 Å². The lowest BCUT2D eigenvalue weighted by molar-refractivity contribution is -0.386. The molecule has 0 heterocycles. The fourth-order valence-electron chi connectivity index (χ4n) is 1.96. The fraction of sp³-hybridized carbons (Fsp3) is 0.455. The number of nitro benzene ring substituents is 1. The zero-order valence-corrected chi connectivity index (χ0v) is 10.9. The Bertz CT molecular complexity index is 482. The molecular formula is C11H11BrFNO4. The number of hydrogen-bond donors (Lipinski definition) is 1. The van der Waals surface area contributed by atoms with E-state index < -0.39 is 22.9 Å². The summed E-state index contributed by atoms with van der Waals surface area (Å²) in [6.07, 6.45) is 0.826.